The number of nitrogens with two attached hydrogens (primary N) is 2. The second kappa shape index (κ2) is 3.20. The molecular formula is C6H12N4. The molecule has 4 heteroatoms. The molecule has 56 valence electrons. The van der Waals surface area contributed by atoms with Crippen LogP contribution in [0.1, 0.15) is 19.3 Å². The molecule has 10 heavy (non-hydrogen) atoms. The van der Waals surface area contributed by atoms with Crippen LogP contribution in [0.2, 0.25) is 0 Å². The van der Waals surface area contributed by atoms with Crippen molar-refractivity contribution in [1.82, 2.24) is 0 Å². The Bertz CT molecular complexity index is 153. The van der Waals surface area contributed by atoms with Gasteiger partial charge in [-0.3, -0.25) is 0 Å². The lowest BCUT2D eigenvalue weighted by Gasteiger charge is -2.19. The topological polar surface area (TPSA) is 76.8 Å². The van der Waals surface area contributed by atoms with Gasteiger partial charge in [0.05, 0.1) is 0 Å². The summed E-state index contributed by atoms with van der Waals surface area (Å²) in [5.74, 6) is 0.638. The van der Waals surface area contributed by atoms with Crippen LogP contribution in [0, 0.1) is 5.92 Å². The average molecular weight is 140 g/mol. The summed E-state index contributed by atoms with van der Waals surface area (Å²) < 4.78 is 0. The van der Waals surface area contributed by atoms with Gasteiger partial charge in [-0.15, -0.1) is 5.10 Å². The van der Waals surface area contributed by atoms with Crippen molar-refractivity contribution in [3.63, 3.8) is 0 Å². The summed E-state index contributed by atoms with van der Waals surface area (Å²) in [6.07, 6.45) is 5.56. The van der Waals surface area contributed by atoms with Crippen molar-refractivity contribution in [3.05, 3.63) is 0 Å². The summed E-state index contributed by atoms with van der Waals surface area (Å²) >= 11 is 0. The summed E-state index contributed by atoms with van der Waals surface area (Å²) in [6.45, 7) is 0. The summed E-state index contributed by atoms with van der Waals surface area (Å²) in [5.41, 5.74) is 10.1. The van der Waals surface area contributed by atoms with Gasteiger partial charge in [-0.2, -0.15) is 5.10 Å². The normalized spacial score (nSPS) is 18.8. The first-order valence-electron chi connectivity index (χ1n) is 3.41. The smallest absolute Gasteiger partial charge is 0.211 e. The molecular weight excluding hydrogens is 128 g/mol. The zero-order valence-corrected chi connectivity index (χ0v) is 5.83. The quantitative estimate of drug-likeness (QED) is 0.323. The molecule has 4 N–H and O–H groups in total. The van der Waals surface area contributed by atoms with E-state index in [0.717, 1.165) is 0 Å². The molecule has 0 atom stereocenters. The van der Waals surface area contributed by atoms with Crippen molar-refractivity contribution in [3.8, 4) is 0 Å². The molecule has 0 bridgehead atoms. The van der Waals surface area contributed by atoms with Crippen LogP contribution in [0.4, 0.5) is 0 Å². The first-order valence-corrected chi connectivity index (χ1v) is 3.41. The number of hydrogen-bond acceptors (Lipinski definition) is 2. The number of hydrogen-bond donors (Lipinski definition) is 2. The largest absolute Gasteiger partial charge is 0.369 e. The average Bonchev–Trinajstić information content (AvgIpc) is 1.75. The van der Waals surface area contributed by atoms with E-state index < -0.39 is 0 Å². The molecule has 0 aromatic carbocycles. The number of guanidine groups is 1. The molecule has 1 aliphatic rings. The Kier molecular flexibility index (Phi) is 2.25. The van der Waals surface area contributed by atoms with Crippen molar-refractivity contribution in [2.75, 3.05) is 0 Å². The molecule has 0 radical (unpaired) electrons. The Morgan fingerprint density at radius 1 is 1.40 bits per heavy atom. The molecule has 0 heterocycles. The second-order valence-electron chi connectivity index (χ2n) is 2.48. The maximum Gasteiger partial charge on any atom is 0.211 e. The first-order chi connectivity index (χ1) is 4.79. The minimum atomic E-state index is 0.0237. The van der Waals surface area contributed by atoms with E-state index in [-0.39, 0.29) is 5.96 Å². The van der Waals surface area contributed by atoms with Crippen LogP contribution in [0.15, 0.2) is 10.2 Å². The molecule has 0 aromatic rings. The highest BCUT2D eigenvalue weighted by Gasteiger charge is 2.14. The van der Waals surface area contributed by atoms with Crippen LogP contribution in [0.3, 0.4) is 0 Å². The van der Waals surface area contributed by atoms with Crippen LogP contribution < -0.4 is 11.5 Å². The highest BCUT2D eigenvalue weighted by Crippen LogP contribution is 2.23. The first kappa shape index (κ1) is 7.05. The predicted molar refractivity (Wildman–Crippen MR) is 41.6 cm³/mol. The van der Waals surface area contributed by atoms with E-state index >= 15 is 0 Å². The van der Waals surface area contributed by atoms with E-state index in [1.807, 2.05) is 6.21 Å². The van der Waals surface area contributed by atoms with Gasteiger partial charge >= 0.3 is 0 Å². The van der Waals surface area contributed by atoms with Crippen LogP contribution in [0.25, 0.3) is 0 Å². The molecule has 0 saturated heterocycles. The molecule has 1 rings (SSSR count). The van der Waals surface area contributed by atoms with Gasteiger partial charge in [0.25, 0.3) is 0 Å². The Balaban J connectivity index is 2.22. The fourth-order valence-electron chi connectivity index (χ4n) is 0.783. The Labute approximate surface area is 60.0 Å². The van der Waals surface area contributed by atoms with Gasteiger partial charge in [-0.25, -0.2) is 0 Å². The molecule has 1 fully saturated rings. The Hall–Kier alpha value is -1.06. The van der Waals surface area contributed by atoms with Gasteiger partial charge in [0, 0.05) is 6.21 Å². The lowest BCUT2D eigenvalue weighted by molar-refractivity contribution is 0.420. The van der Waals surface area contributed by atoms with E-state index in [0.29, 0.717) is 5.92 Å². The maximum absolute atomic E-state index is 5.05. The molecule has 0 aromatic heterocycles. The molecule has 0 aliphatic heterocycles. The minimum absolute atomic E-state index is 0.0237. The Morgan fingerprint density at radius 3 is 2.50 bits per heavy atom. The van der Waals surface area contributed by atoms with Crippen LogP contribution >= 0.6 is 0 Å². The summed E-state index contributed by atoms with van der Waals surface area (Å²) in [7, 11) is 0. The van der Waals surface area contributed by atoms with Crippen LogP contribution in [-0.4, -0.2) is 12.2 Å². The van der Waals surface area contributed by atoms with Gasteiger partial charge in [0.15, 0.2) is 0 Å². The highest BCUT2D eigenvalue weighted by atomic mass is 15.3. The van der Waals surface area contributed by atoms with E-state index in [9.17, 15) is 0 Å². The Morgan fingerprint density at radius 2 is 2.10 bits per heavy atom. The van der Waals surface area contributed by atoms with Gasteiger partial charge in [0.2, 0.25) is 5.96 Å². The molecule has 1 saturated carbocycles. The van der Waals surface area contributed by atoms with E-state index in [1.165, 1.54) is 19.3 Å². The second-order valence-corrected chi connectivity index (χ2v) is 2.48. The zero-order valence-electron chi connectivity index (χ0n) is 5.83. The summed E-state index contributed by atoms with van der Waals surface area (Å²) in [5, 5.41) is 7.19. The molecule has 4 nitrogen and oxygen atoms in total. The van der Waals surface area contributed by atoms with E-state index in [2.05, 4.69) is 10.2 Å². The van der Waals surface area contributed by atoms with Gasteiger partial charge in [-0.05, 0) is 18.8 Å². The van der Waals surface area contributed by atoms with Gasteiger partial charge in [-0.1, -0.05) is 6.42 Å². The van der Waals surface area contributed by atoms with Gasteiger partial charge < -0.3 is 11.5 Å². The van der Waals surface area contributed by atoms with Gasteiger partial charge in [0.1, 0.15) is 0 Å². The maximum atomic E-state index is 5.05. The molecule has 0 unspecified atom stereocenters. The summed E-state index contributed by atoms with van der Waals surface area (Å²) in [6, 6.07) is 0. The third kappa shape index (κ3) is 2.05. The lowest BCUT2D eigenvalue weighted by atomic mass is 9.87. The number of rotatable bonds is 2. The standard InChI is InChI=1S/C6H12N4/c7-6(8)10-9-4-5-2-1-3-5/h4-5H,1-3H2,(H4,7,8,10). The predicted octanol–water partition coefficient (Wildman–Crippen LogP) is 0.0457. The monoisotopic (exact) mass is 140 g/mol. The molecule has 1 aliphatic carbocycles. The van der Waals surface area contributed by atoms with Crippen molar-refractivity contribution in [1.29, 1.82) is 0 Å². The highest BCUT2D eigenvalue weighted by molar-refractivity contribution is 5.76. The fraction of sp³-hybridized carbons (Fsp3) is 0.667. The third-order valence-corrected chi connectivity index (χ3v) is 1.60. The van der Waals surface area contributed by atoms with Crippen molar-refractivity contribution in [2.45, 2.75) is 19.3 Å². The van der Waals surface area contributed by atoms with Crippen LogP contribution in [-0.2, 0) is 0 Å². The van der Waals surface area contributed by atoms with Crippen molar-refractivity contribution >= 4 is 12.2 Å². The van der Waals surface area contributed by atoms with E-state index in [4.69, 9.17) is 11.5 Å². The summed E-state index contributed by atoms with van der Waals surface area (Å²) in [4.78, 5) is 0. The molecule has 0 spiro atoms. The van der Waals surface area contributed by atoms with Crippen LogP contribution in [0.5, 0.6) is 0 Å². The van der Waals surface area contributed by atoms with Crippen molar-refractivity contribution < 1.29 is 0 Å². The zero-order chi connectivity index (χ0) is 7.40. The third-order valence-electron chi connectivity index (χ3n) is 1.60. The SMILES string of the molecule is NC(N)=NN=CC1CCC1. The fourth-order valence-corrected chi connectivity index (χ4v) is 0.783. The van der Waals surface area contributed by atoms with Crippen molar-refractivity contribution in [2.24, 2.45) is 27.6 Å². The number of nitrogens with zero attached hydrogens (tertiary/aromatic N) is 2. The minimum Gasteiger partial charge on any atom is -0.369 e. The van der Waals surface area contributed by atoms with E-state index in [1.54, 1.807) is 0 Å². The lowest BCUT2D eigenvalue weighted by Crippen LogP contribution is -2.22. The molecule has 0 amide bonds.